The molecule has 168 valence electrons. The molecule has 0 spiro atoms. The Labute approximate surface area is 184 Å². The summed E-state index contributed by atoms with van der Waals surface area (Å²) in [5.74, 6) is -1.60. The van der Waals surface area contributed by atoms with Crippen LogP contribution in [0.3, 0.4) is 0 Å². The van der Waals surface area contributed by atoms with Crippen molar-refractivity contribution in [1.29, 1.82) is 0 Å². The van der Waals surface area contributed by atoms with Crippen molar-refractivity contribution in [2.45, 2.75) is 43.4 Å². The molecule has 1 aromatic heterocycles. The second kappa shape index (κ2) is 7.31. The van der Waals surface area contributed by atoms with Crippen molar-refractivity contribution in [3.63, 3.8) is 0 Å². The van der Waals surface area contributed by atoms with E-state index in [-0.39, 0.29) is 27.2 Å². The van der Waals surface area contributed by atoms with E-state index >= 15 is 0 Å². The van der Waals surface area contributed by atoms with Gasteiger partial charge >= 0.3 is 11.8 Å². The summed E-state index contributed by atoms with van der Waals surface area (Å²) in [6.45, 7) is 1.43. The largest absolute Gasteiger partial charge is 0.424 e. The number of carbonyl (C=O) groups excluding carboxylic acids is 1. The van der Waals surface area contributed by atoms with Gasteiger partial charge < -0.3 is 15.4 Å². The normalized spacial score (nSPS) is 17.2. The zero-order valence-electron chi connectivity index (χ0n) is 16.8. The van der Waals surface area contributed by atoms with Gasteiger partial charge in [0.2, 0.25) is 11.4 Å². The van der Waals surface area contributed by atoms with E-state index in [1.54, 1.807) is 24.3 Å². The molecule has 3 N–H and O–H groups in total. The Bertz CT molecular complexity index is 1300. The van der Waals surface area contributed by atoms with Crippen LogP contribution in [0.25, 0.3) is 10.8 Å². The average molecular weight is 467 g/mol. The van der Waals surface area contributed by atoms with E-state index in [0.29, 0.717) is 18.4 Å². The SMILES string of the molecule is Cc1noc(=O)c2ccc(C(=O)C(O)(CC3(c4ccccc4Cl)CC3)C(F)(F)F)c(N)c12. The minimum atomic E-state index is -5.29. The number of fused-ring (bicyclic) bond motifs is 1. The fourth-order valence-corrected chi connectivity index (χ4v) is 4.52. The van der Waals surface area contributed by atoms with Crippen LogP contribution in [0, 0.1) is 6.92 Å². The molecule has 1 saturated carbocycles. The molecule has 0 amide bonds. The Kier molecular flexibility index (Phi) is 5.09. The third kappa shape index (κ3) is 3.36. The number of nitrogens with zero attached hydrogens (tertiary/aromatic N) is 1. The predicted octanol–water partition coefficient (Wildman–Crippen LogP) is 4.33. The first-order valence-electron chi connectivity index (χ1n) is 9.69. The quantitative estimate of drug-likeness (QED) is 0.428. The van der Waals surface area contributed by atoms with Gasteiger partial charge in [-0.2, -0.15) is 13.2 Å². The molecule has 6 nitrogen and oxygen atoms in total. The zero-order chi connectivity index (χ0) is 23.5. The van der Waals surface area contributed by atoms with Gasteiger partial charge in [0.25, 0.3) is 0 Å². The number of aliphatic hydroxyl groups is 1. The average Bonchev–Trinajstić information content (AvgIpc) is 3.50. The summed E-state index contributed by atoms with van der Waals surface area (Å²) in [6, 6.07) is 8.55. The maximum atomic E-state index is 14.2. The van der Waals surface area contributed by atoms with E-state index in [1.807, 2.05) is 0 Å². The molecule has 10 heteroatoms. The number of carbonyl (C=O) groups is 1. The van der Waals surface area contributed by atoms with E-state index in [4.69, 9.17) is 17.3 Å². The van der Waals surface area contributed by atoms with Crippen molar-refractivity contribution < 1.29 is 27.6 Å². The fraction of sp³-hybridized carbons (Fsp3) is 0.318. The number of ketones is 1. The molecule has 1 atom stereocenters. The van der Waals surface area contributed by atoms with E-state index in [9.17, 15) is 27.9 Å². The topological polar surface area (TPSA) is 106 Å². The highest BCUT2D eigenvalue weighted by molar-refractivity contribution is 6.31. The molecule has 0 saturated heterocycles. The summed E-state index contributed by atoms with van der Waals surface area (Å²) in [4.78, 5) is 25.1. The van der Waals surface area contributed by atoms with Gasteiger partial charge in [-0.15, -0.1) is 0 Å². The van der Waals surface area contributed by atoms with Gasteiger partial charge in [0.15, 0.2) is 0 Å². The lowest BCUT2D eigenvalue weighted by molar-refractivity contribution is -0.241. The molecule has 2 aromatic carbocycles. The van der Waals surface area contributed by atoms with Crippen molar-refractivity contribution in [2.75, 3.05) is 5.73 Å². The molecule has 1 unspecified atom stereocenters. The highest BCUT2D eigenvalue weighted by Gasteiger charge is 2.65. The molecule has 1 aliphatic carbocycles. The number of Topliss-reactive ketones (excluding diaryl/α,β-unsaturated/α-hetero) is 1. The van der Waals surface area contributed by atoms with Gasteiger partial charge in [-0.05, 0) is 43.5 Å². The number of hydrogen-bond donors (Lipinski definition) is 2. The second-order valence-electron chi connectivity index (χ2n) is 8.13. The molecule has 0 bridgehead atoms. The van der Waals surface area contributed by atoms with Crippen molar-refractivity contribution in [1.82, 2.24) is 5.16 Å². The number of rotatable bonds is 5. The van der Waals surface area contributed by atoms with Crippen LogP contribution in [0.4, 0.5) is 18.9 Å². The molecule has 4 rings (SSSR count). The monoisotopic (exact) mass is 466 g/mol. The molecule has 3 aromatic rings. The lowest BCUT2D eigenvalue weighted by atomic mass is 9.78. The molecule has 1 heterocycles. The van der Waals surface area contributed by atoms with E-state index < -0.39 is 40.6 Å². The summed E-state index contributed by atoms with van der Waals surface area (Å²) in [5.41, 5.74) is -0.0217. The second-order valence-corrected chi connectivity index (χ2v) is 8.54. The van der Waals surface area contributed by atoms with Crippen LogP contribution in [-0.4, -0.2) is 27.8 Å². The van der Waals surface area contributed by atoms with Crippen LogP contribution >= 0.6 is 11.6 Å². The van der Waals surface area contributed by atoms with Gasteiger partial charge in [-0.1, -0.05) is 35.0 Å². The van der Waals surface area contributed by atoms with Crippen molar-refractivity contribution in [3.05, 3.63) is 68.7 Å². The Hall–Kier alpha value is -2.91. The Morgan fingerprint density at radius 3 is 2.50 bits per heavy atom. The first kappa shape index (κ1) is 22.3. The molecular weight excluding hydrogens is 449 g/mol. The van der Waals surface area contributed by atoms with Gasteiger partial charge in [0.1, 0.15) is 0 Å². The molecule has 1 fully saturated rings. The Balaban J connectivity index is 1.84. The van der Waals surface area contributed by atoms with Gasteiger partial charge in [0, 0.05) is 27.8 Å². The zero-order valence-corrected chi connectivity index (χ0v) is 17.5. The highest BCUT2D eigenvalue weighted by Crippen LogP contribution is 2.57. The van der Waals surface area contributed by atoms with Crippen LogP contribution in [0.2, 0.25) is 5.02 Å². The summed E-state index contributed by atoms with van der Waals surface area (Å²) in [6.07, 6.45) is -5.53. The Morgan fingerprint density at radius 2 is 1.91 bits per heavy atom. The van der Waals surface area contributed by atoms with Gasteiger partial charge in [0.05, 0.1) is 16.8 Å². The van der Waals surface area contributed by atoms with Crippen LogP contribution < -0.4 is 11.4 Å². The van der Waals surface area contributed by atoms with Crippen LogP contribution in [0.15, 0.2) is 45.7 Å². The number of benzene rings is 2. The Morgan fingerprint density at radius 1 is 1.25 bits per heavy atom. The number of hydrogen-bond acceptors (Lipinski definition) is 6. The highest BCUT2D eigenvalue weighted by atomic mass is 35.5. The summed E-state index contributed by atoms with van der Waals surface area (Å²) in [7, 11) is 0. The minimum absolute atomic E-state index is 0.00358. The number of halogens is 4. The van der Waals surface area contributed by atoms with E-state index in [1.165, 1.54) is 6.92 Å². The first-order chi connectivity index (χ1) is 14.9. The summed E-state index contributed by atoms with van der Waals surface area (Å²) < 4.78 is 47.1. The molecule has 0 radical (unpaired) electrons. The third-order valence-electron chi connectivity index (χ3n) is 6.07. The van der Waals surface area contributed by atoms with Crippen LogP contribution in [0.1, 0.15) is 40.9 Å². The van der Waals surface area contributed by atoms with Gasteiger partial charge in [-0.25, -0.2) is 4.79 Å². The van der Waals surface area contributed by atoms with Crippen LogP contribution in [0.5, 0.6) is 0 Å². The number of aryl methyl sites for hydroxylation is 1. The fourth-order valence-electron chi connectivity index (χ4n) is 4.19. The predicted molar refractivity (Wildman–Crippen MR) is 112 cm³/mol. The summed E-state index contributed by atoms with van der Waals surface area (Å²) in [5, 5.41) is 14.6. The lowest BCUT2D eigenvalue weighted by Gasteiger charge is -2.33. The van der Waals surface area contributed by atoms with Crippen molar-refractivity contribution in [2.24, 2.45) is 0 Å². The van der Waals surface area contributed by atoms with Crippen LogP contribution in [-0.2, 0) is 5.41 Å². The molecular formula is C22H18ClF3N2O4. The lowest BCUT2D eigenvalue weighted by Crippen LogP contribution is -2.54. The third-order valence-corrected chi connectivity index (χ3v) is 6.40. The number of aromatic nitrogens is 1. The number of anilines is 1. The van der Waals surface area contributed by atoms with E-state index in [0.717, 1.165) is 12.1 Å². The maximum Gasteiger partial charge on any atom is 0.424 e. The number of nitrogen functional groups attached to an aromatic ring is 1. The smallest absolute Gasteiger partial charge is 0.398 e. The number of nitrogens with two attached hydrogens (primary N) is 1. The first-order valence-corrected chi connectivity index (χ1v) is 10.1. The molecule has 0 aliphatic heterocycles. The summed E-state index contributed by atoms with van der Waals surface area (Å²) >= 11 is 6.20. The number of alkyl halides is 3. The minimum Gasteiger partial charge on any atom is -0.398 e. The maximum absolute atomic E-state index is 14.2. The molecule has 32 heavy (non-hydrogen) atoms. The van der Waals surface area contributed by atoms with Gasteiger partial charge in [-0.3, -0.25) is 4.79 Å². The molecule has 1 aliphatic rings. The van der Waals surface area contributed by atoms with Crippen molar-refractivity contribution >= 4 is 33.8 Å². The van der Waals surface area contributed by atoms with E-state index in [2.05, 4.69) is 9.68 Å². The van der Waals surface area contributed by atoms with Crippen molar-refractivity contribution in [3.8, 4) is 0 Å². The standard InChI is InChI=1S/C22H18ClF3N2O4/c1-11-16-12(19(30)32-28-11)6-7-13(17(16)27)18(29)21(31,22(24,25)26)10-20(8-9-20)14-4-2-3-5-15(14)23/h2-7,31H,8-10,27H2,1H3.